The summed E-state index contributed by atoms with van der Waals surface area (Å²) in [6, 6.07) is 15.7. The first-order valence-corrected chi connectivity index (χ1v) is 9.33. The highest BCUT2D eigenvalue weighted by molar-refractivity contribution is 6.03. The maximum absolute atomic E-state index is 10.8. The minimum atomic E-state index is -0.444. The number of aromatic amines is 1. The lowest BCUT2D eigenvalue weighted by atomic mass is 10.1. The molecule has 0 saturated carbocycles. The van der Waals surface area contributed by atoms with Gasteiger partial charge in [-0.15, -0.1) is 10.2 Å². The molecule has 5 rings (SSSR count). The van der Waals surface area contributed by atoms with Crippen LogP contribution in [0.2, 0.25) is 0 Å². The van der Waals surface area contributed by atoms with Gasteiger partial charge >= 0.3 is 0 Å². The minimum Gasteiger partial charge on any atom is -0.455 e. The third-order valence-corrected chi connectivity index (χ3v) is 4.72. The number of nitrogens with zero attached hydrogens (tertiary/aromatic N) is 5. The fourth-order valence-corrected chi connectivity index (χ4v) is 3.21. The zero-order valence-electron chi connectivity index (χ0n) is 16.2. The molecular formula is C21H15N7O3. The Hall–Kier alpha value is -4.60. The van der Waals surface area contributed by atoms with Gasteiger partial charge in [0.25, 0.3) is 11.6 Å². The van der Waals surface area contributed by atoms with E-state index in [1.54, 1.807) is 24.3 Å². The van der Waals surface area contributed by atoms with Crippen LogP contribution in [0.1, 0.15) is 11.3 Å². The Morgan fingerprint density at radius 3 is 2.77 bits per heavy atom. The Bertz CT molecular complexity index is 1450. The van der Waals surface area contributed by atoms with Gasteiger partial charge in [-0.25, -0.2) is 5.43 Å². The molecule has 0 aliphatic rings. The van der Waals surface area contributed by atoms with E-state index in [9.17, 15) is 10.1 Å². The lowest BCUT2D eigenvalue weighted by molar-refractivity contribution is -0.384. The Morgan fingerprint density at radius 2 is 1.97 bits per heavy atom. The molecule has 0 aliphatic carbocycles. The van der Waals surface area contributed by atoms with Crippen LogP contribution in [-0.2, 0) is 0 Å². The third-order valence-electron chi connectivity index (χ3n) is 4.72. The second-order valence-electron chi connectivity index (χ2n) is 6.88. The topological polar surface area (TPSA) is 135 Å². The second-order valence-corrected chi connectivity index (χ2v) is 6.88. The highest BCUT2D eigenvalue weighted by Gasteiger charge is 2.10. The van der Waals surface area contributed by atoms with Crippen molar-refractivity contribution in [2.45, 2.75) is 6.92 Å². The number of benzene rings is 2. The molecule has 3 aromatic heterocycles. The molecule has 31 heavy (non-hydrogen) atoms. The number of fused-ring (bicyclic) bond motifs is 3. The van der Waals surface area contributed by atoms with Crippen molar-refractivity contribution >= 4 is 39.9 Å². The largest absolute Gasteiger partial charge is 0.455 e. The molecule has 2 aromatic carbocycles. The monoisotopic (exact) mass is 413 g/mol. The summed E-state index contributed by atoms with van der Waals surface area (Å²) in [6.07, 6.45) is 1.48. The first-order valence-electron chi connectivity index (χ1n) is 9.33. The molecule has 10 nitrogen and oxygen atoms in total. The molecule has 0 aliphatic heterocycles. The summed E-state index contributed by atoms with van der Waals surface area (Å²) >= 11 is 0. The zero-order valence-corrected chi connectivity index (χ0v) is 16.2. The average molecular weight is 413 g/mol. The number of nitro benzene ring substituents is 1. The highest BCUT2D eigenvalue weighted by atomic mass is 16.6. The number of anilines is 1. The van der Waals surface area contributed by atoms with E-state index >= 15 is 0 Å². The Labute approximate surface area is 174 Å². The van der Waals surface area contributed by atoms with E-state index in [0.717, 1.165) is 22.0 Å². The van der Waals surface area contributed by atoms with E-state index in [2.05, 4.69) is 30.7 Å². The van der Waals surface area contributed by atoms with Gasteiger partial charge in [0.1, 0.15) is 17.0 Å². The van der Waals surface area contributed by atoms with Gasteiger partial charge in [0, 0.05) is 28.6 Å². The van der Waals surface area contributed by atoms with E-state index in [4.69, 9.17) is 4.42 Å². The first kappa shape index (κ1) is 18.4. The quantitative estimate of drug-likeness (QED) is 0.247. The zero-order chi connectivity index (χ0) is 21.4. The van der Waals surface area contributed by atoms with Crippen LogP contribution in [0.15, 0.2) is 64.1 Å². The van der Waals surface area contributed by atoms with Crippen molar-refractivity contribution in [1.29, 1.82) is 0 Å². The van der Waals surface area contributed by atoms with Crippen molar-refractivity contribution in [1.82, 2.24) is 20.2 Å². The van der Waals surface area contributed by atoms with Crippen LogP contribution in [0.5, 0.6) is 0 Å². The van der Waals surface area contributed by atoms with Gasteiger partial charge in [0.2, 0.25) is 0 Å². The Morgan fingerprint density at radius 1 is 1.13 bits per heavy atom. The van der Waals surface area contributed by atoms with Gasteiger partial charge in [0.15, 0.2) is 5.65 Å². The molecule has 152 valence electrons. The summed E-state index contributed by atoms with van der Waals surface area (Å²) in [5.41, 5.74) is 6.89. The number of aryl methyl sites for hydroxylation is 1. The van der Waals surface area contributed by atoms with E-state index in [1.807, 2.05) is 25.1 Å². The van der Waals surface area contributed by atoms with Gasteiger partial charge in [-0.2, -0.15) is 10.1 Å². The minimum absolute atomic E-state index is 0.0250. The highest BCUT2D eigenvalue weighted by Crippen LogP contribution is 2.25. The number of furan rings is 1. The number of hydrogen-bond acceptors (Lipinski definition) is 8. The summed E-state index contributed by atoms with van der Waals surface area (Å²) in [5, 5.41) is 24.1. The summed E-state index contributed by atoms with van der Waals surface area (Å²) in [7, 11) is 0. The van der Waals surface area contributed by atoms with Gasteiger partial charge < -0.3 is 9.40 Å². The van der Waals surface area contributed by atoms with Crippen molar-refractivity contribution in [3.05, 3.63) is 76.0 Å². The van der Waals surface area contributed by atoms with E-state index in [-0.39, 0.29) is 11.6 Å². The van der Waals surface area contributed by atoms with Crippen LogP contribution in [0, 0.1) is 17.0 Å². The fourth-order valence-electron chi connectivity index (χ4n) is 3.21. The number of hydrazone groups is 1. The Balaban J connectivity index is 1.32. The summed E-state index contributed by atoms with van der Waals surface area (Å²) in [5.74, 6) is 1.31. The number of nitrogens with one attached hydrogen (secondary N) is 2. The number of rotatable bonds is 5. The predicted molar refractivity (Wildman–Crippen MR) is 116 cm³/mol. The molecule has 0 unspecified atom stereocenters. The van der Waals surface area contributed by atoms with Crippen molar-refractivity contribution in [2.75, 3.05) is 5.43 Å². The van der Waals surface area contributed by atoms with Crippen LogP contribution in [0.3, 0.4) is 0 Å². The summed E-state index contributed by atoms with van der Waals surface area (Å²) in [4.78, 5) is 17.9. The molecule has 3 heterocycles. The molecular weight excluding hydrogens is 398 g/mol. The smallest absolute Gasteiger partial charge is 0.269 e. The number of non-ortho nitro benzene ring substituents is 1. The van der Waals surface area contributed by atoms with Crippen molar-refractivity contribution in [3.8, 4) is 11.3 Å². The molecule has 0 spiro atoms. The maximum atomic E-state index is 10.8. The molecule has 0 radical (unpaired) electrons. The number of nitro groups is 1. The number of aromatic nitrogens is 4. The number of hydrogen-bond donors (Lipinski definition) is 2. The maximum Gasteiger partial charge on any atom is 0.269 e. The van der Waals surface area contributed by atoms with Crippen LogP contribution < -0.4 is 5.43 Å². The Kier molecular flexibility index (Phi) is 4.36. The summed E-state index contributed by atoms with van der Waals surface area (Å²) < 4.78 is 5.71. The third kappa shape index (κ3) is 3.57. The van der Waals surface area contributed by atoms with Crippen LogP contribution >= 0.6 is 0 Å². The molecule has 0 bridgehead atoms. The lowest BCUT2D eigenvalue weighted by Gasteiger charge is -1.97. The van der Waals surface area contributed by atoms with E-state index in [0.29, 0.717) is 22.7 Å². The van der Waals surface area contributed by atoms with Crippen molar-refractivity contribution in [2.24, 2.45) is 5.10 Å². The van der Waals surface area contributed by atoms with E-state index < -0.39 is 4.92 Å². The van der Waals surface area contributed by atoms with Gasteiger partial charge in [-0.05, 0) is 43.3 Å². The van der Waals surface area contributed by atoms with Crippen molar-refractivity contribution < 1.29 is 9.34 Å². The molecule has 2 N–H and O–H groups in total. The van der Waals surface area contributed by atoms with Gasteiger partial charge in [-0.3, -0.25) is 10.1 Å². The molecule has 0 fully saturated rings. The second kappa shape index (κ2) is 7.34. The fraction of sp³-hybridized carbons (Fsp3) is 0.0476. The molecule has 0 amide bonds. The average Bonchev–Trinajstić information content (AvgIpc) is 3.38. The molecule has 10 heteroatoms. The van der Waals surface area contributed by atoms with Crippen LogP contribution in [0.4, 0.5) is 11.6 Å². The van der Waals surface area contributed by atoms with Crippen molar-refractivity contribution in [3.63, 3.8) is 0 Å². The first-order chi connectivity index (χ1) is 15.1. The number of H-pyrrole nitrogens is 1. The standard InChI is InChI=1S/C21H15N7O3/c1-12-2-8-17-16(10-12)19-20(23-17)24-21(27-25-19)26-22-11-15-7-9-18(31-15)13-3-5-14(6-4-13)28(29)30/h2-11H,1H3,(H2,23,24,26,27)/b22-11-. The van der Waals surface area contributed by atoms with Gasteiger partial charge in [-0.1, -0.05) is 11.6 Å². The predicted octanol–water partition coefficient (Wildman–Crippen LogP) is 4.43. The van der Waals surface area contributed by atoms with Gasteiger partial charge in [0.05, 0.1) is 11.1 Å². The normalized spacial score (nSPS) is 11.5. The SMILES string of the molecule is Cc1ccc2[nH]c3nc(N/N=C\c4ccc(-c5ccc([N+](=O)[O-])cc5)o4)nnc3c2c1. The van der Waals surface area contributed by atoms with Crippen LogP contribution in [-0.4, -0.2) is 31.3 Å². The lowest BCUT2D eigenvalue weighted by Crippen LogP contribution is -1.98. The molecule has 0 saturated heterocycles. The summed E-state index contributed by atoms with van der Waals surface area (Å²) in [6.45, 7) is 2.02. The van der Waals surface area contributed by atoms with Crippen LogP contribution in [0.25, 0.3) is 33.4 Å². The molecule has 5 aromatic rings. The van der Waals surface area contributed by atoms with E-state index in [1.165, 1.54) is 18.3 Å². The molecule has 0 atom stereocenters.